The molecule has 120 valence electrons. The molecule has 0 atom stereocenters. The zero-order chi connectivity index (χ0) is 16.0. The minimum absolute atomic E-state index is 0.531. The van der Waals surface area contributed by atoms with Gasteiger partial charge in [-0.3, -0.25) is 0 Å². The molecule has 0 fully saturated rings. The SMILES string of the molecule is CCCNc1nc(CCC)nc(N(C)CC(C)(C)O)c1C. The van der Waals surface area contributed by atoms with Crippen molar-refractivity contribution in [2.45, 2.75) is 59.5 Å². The molecule has 0 bridgehead atoms. The molecule has 0 aliphatic rings. The second-order valence-corrected chi connectivity index (χ2v) is 6.28. The Hall–Kier alpha value is -1.36. The Morgan fingerprint density at radius 2 is 1.86 bits per heavy atom. The Morgan fingerprint density at radius 3 is 2.38 bits per heavy atom. The van der Waals surface area contributed by atoms with E-state index in [4.69, 9.17) is 0 Å². The average molecular weight is 294 g/mol. The molecule has 1 aromatic heterocycles. The second-order valence-electron chi connectivity index (χ2n) is 6.28. The largest absolute Gasteiger partial charge is 0.389 e. The molecular weight excluding hydrogens is 264 g/mol. The third-order valence-electron chi connectivity index (χ3n) is 3.17. The maximum absolute atomic E-state index is 10.0. The third kappa shape index (κ3) is 5.50. The lowest BCUT2D eigenvalue weighted by molar-refractivity contribution is 0.0884. The zero-order valence-electron chi connectivity index (χ0n) is 14.3. The van der Waals surface area contributed by atoms with Crippen LogP contribution in [0, 0.1) is 6.92 Å². The van der Waals surface area contributed by atoms with E-state index in [9.17, 15) is 5.11 Å². The van der Waals surface area contributed by atoms with Crippen molar-refractivity contribution in [3.05, 3.63) is 11.4 Å². The topological polar surface area (TPSA) is 61.3 Å². The van der Waals surface area contributed by atoms with Crippen LogP contribution in [0.25, 0.3) is 0 Å². The summed E-state index contributed by atoms with van der Waals surface area (Å²) in [4.78, 5) is 11.3. The molecule has 0 saturated heterocycles. The lowest BCUT2D eigenvalue weighted by Gasteiger charge is -2.28. The number of nitrogens with zero attached hydrogens (tertiary/aromatic N) is 3. The number of anilines is 2. The number of hydrogen-bond acceptors (Lipinski definition) is 5. The van der Waals surface area contributed by atoms with E-state index in [0.29, 0.717) is 6.54 Å². The van der Waals surface area contributed by atoms with E-state index in [-0.39, 0.29) is 0 Å². The van der Waals surface area contributed by atoms with Gasteiger partial charge in [-0.25, -0.2) is 9.97 Å². The van der Waals surface area contributed by atoms with Gasteiger partial charge in [-0.05, 0) is 33.6 Å². The minimum atomic E-state index is -0.756. The van der Waals surface area contributed by atoms with Crippen LogP contribution in [-0.4, -0.2) is 40.8 Å². The van der Waals surface area contributed by atoms with Gasteiger partial charge in [0, 0.05) is 32.1 Å². The van der Waals surface area contributed by atoms with E-state index in [1.54, 1.807) is 0 Å². The zero-order valence-corrected chi connectivity index (χ0v) is 14.3. The van der Waals surface area contributed by atoms with Crippen molar-refractivity contribution in [1.29, 1.82) is 0 Å². The summed E-state index contributed by atoms with van der Waals surface area (Å²) < 4.78 is 0. The predicted octanol–water partition coefficient (Wildman–Crippen LogP) is 2.77. The molecule has 0 aliphatic carbocycles. The molecule has 0 amide bonds. The maximum Gasteiger partial charge on any atom is 0.137 e. The lowest BCUT2D eigenvalue weighted by Crippen LogP contribution is -2.37. The maximum atomic E-state index is 10.0. The van der Waals surface area contributed by atoms with Crippen molar-refractivity contribution in [1.82, 2.24) is 9.97 Å². The summed E-state index contributed by atoms with van der Waals surface area (Å²) in [5.41, 5.74) is 0.281. The molecule has 1 rings (SSSR count). The third-order valence-corrected chi connectivity index (χ3v) is 3.17. The Morgan fingerprint density at radius 1 is 1.19 bits per heavy atom. The highest BCUT2D eigenvalue weighted by Gasteiger charge is 2.20. The highest BCUT2D eigenvalue weighted by molar-refractivity contribution is 5.58. The van der Waals surface area contributed by atoms with Gasteiger partial charge in [0.1, 0.15) is 17.5 Å². The summed E-state index contributed by atoms with van der Waals surface area (Å²) in [6.45, 7) is 11.3. The van der Waals surface area contributed by atoms with Crippen LogP contribution in [0.4, 0.5) is 11.6 Å². The summed E-state index contributed by atoms with van der Waals surface area (Å²) >= 11 is 0. The average Bonchev–Trinajstić information content (AvgIpc) is 2.37. The summed E-state index contributed by atoms with van der Waals surface area (Å²) in [5, 5.41) is 13.4. The van der Waals surface area contributed by atoms with E-state index >= 15 is 0 Å². The van der Waals surface area contributed by atoms with Crippen LogP contribution in [0.5, 0.6) is 0 Å². The Balaban J connectivity index is 3.12. The second kappa shape index (κ2) is 7.59. The first-order chi connectivity index (χ1) is 9.78. The van der Waals surface area contributed by atoms with Gasteiger partial charge in [-0.1, -0.05) is 13.8 Å². The number of aromatic nitrogens is 2. The fourth-order valence-electron chi connectivity index (χ4n) is 2.33. The summed E-state index contributed by atoms with van der Waals surface area (Å²) in [6, 6.07) is 0. The summed E-state index contributed by atoms with van der Waals surface area (Å²) in [7, 11) is 1.96. The summed E-state index contributed by atoms with van der Waals surface area (Å²) in [5.74, 6) is 2.67. The summed E-state index contributed by atoms with van der Waals surface area (Å²) in [6.07, 6.45) is 2.94. The van der Waals surface area contributed by atoms with Gasteiger partial charge in [0.05, 0.1) is 5.60 Å². The van der Waals surface area contributed by atoms with Gasteiger partial charge < -0.3 is 15.3 Å². The fourth-order valence-corrected chi connectivity index (χ4v) is 2.33. The van der Waals surface area contributed by atoms with E-state index in [0.717, 1.165) is 48.8 Å². The number of aliphatic hydroxyl groups is 1. The number of rotatable bonds is 8. The van der Waals surface area contributed by atoms with Gasteiger partial charge in [0.25, 0.3) is 0 Å². The Labute approximate surface area is 128 Å². The molecule has 5 heteroatoms. The molecular formula is C16H30N4O. The van der Waals surface area contributed by atoms with Crippen molar-refractivity contribution in [2.24, 2.45) is 0 Å². The van der Waals surface area contributed by atoms with Crippen LogP contribution in [0.2, 0.25) is 0 Å². The molecule has 0 saturated carbocycles. The predicted molar refractivity (Wildman–Crippen MR) is 89.1 cm³/mol. The van der Waals surface area contributed by atoms with Crippen LogP contribution in [0.1, 0.15) is 51.9 Å². The highest BCUT2D eigenvalue weighted by Crippen LogP contribution is 2.24. The molecule has 0 unspecified atom stereocenters. The lowest BCUT2D eigenvalue weighted by atomic mass is 10.1. The first-order valence-corrected chi connectivity index (χ1v) is 7.83. The van der Waals surface area contributed by atoms with Crippen molar-refractivity contribution in [3.8, 4) is 0 Å². The van der Waals surface area contributed by atoms with E-state index in [1.165, 1.54) is 0 Å². The molecule has 0 aromatic carbocycles. The first kappa shape index (κ1) is 17.7. The van der Waals surface area contributed by atoms with Gasteiger partial charge in [-0.2, -0.15) is 0 Å². The quantitative estimate of drug-likeness (QED) is 0.772. The van der Waals surface area contributed by atoms with Crippen molar-refractivity contribution in [2.75, 3.05) is 30.4 Å². The number of hydrogen-bond donors (Lipinski definition) is 2. The van der Waals surface area contributed by atoms with Crippen LogP contribution < -0.4 is 10.2 Å². The van der Waals surface area contributed by atoms with Gasteiger partial charge >= 0.3 is 0 Å². The molecule has 21 heavy (non-hydrogen) atoms. The van der Waals surface area contributed by atoms with Crippen molar-refractivity contribution < 1.29 is 5.11 Å². The van der Waals surface area contributed by atoms with Gasteiger partial charge in [0.2, 0.25) is 0 Å². The number of aryl methyl sites for hydroxylation is 1. The van der Waals surface area contributed by atoms with Crippen LogP contribution in [0.15, 0.2) is 0 Å². The number of nitrogens with one attached hydrogen (secondary N) is 1. The molecule has 0 spiro atoms. The monoisotopic (exact) mass is 294 g/mol. The van der Waals surface area contributed by atoms with E-state index < -0.39 is 5.60 Å². The smallest absolute Gasteiger partial charge is 0.137 e. The van der Waals surface area contributed by atoms with Crippen LogP contribution >= 0.6 is 0 Å². The van der Waals surface area contributed by atoms with Gasteiger partial charge in [0.15, 0.2) is 0 Å². The van der Waals surface area contributed by atoms with Gasteiger partial charge in [-0.15, -0.1) is 0 Å². The Kier molecular flexibility index (Phi) is 6.40. The molecule has 0 aliphatic heterocycles. The molecule has 2 N–H and O–H groups in total. The standard InChI is InChI=1S/C16H30N4O/c1-7-9-13-18-14(17-10-8-2)12(3)15(19-13)20(6)11-16(4,5)21/h21H,7-11H2,1-6H3,(H,17,18,19). The van der Waals surface area contributed by atoms with Crippen molar-refractivity contribution in [3.63, 3.8) is 0 Å². The fraction of sp³-hybridized carbons (Fsp3) is 0.750. The molecule has 5 nitrogen and oxygen atoms in total. The minimum Gasteiger partial charge on any atom is -0.389 e. The van der Waals surface area contributed by atoms with E-state index in [1.807, 2.05) is 32.7 Å². The molecule has 1 aromatic rings. The normalized spacial score (nSPS) is 11.6. The van der Waals surface area contributed by atoms with Crippen LogP contribution in [-0.2, 0) is 6.42 Å². The highest BCUT2D eigenvalue weighted by atomic mass is 16.3. The first-order valence-electron chi connectivity index (χ1n) is 7.83. The molecule has 1 heterocycles. The van der Waals surface area contributed by atoms with Crippen LogP contribution in [0.3, 0.4) is 0 Å². The molecule has 0 radical (unpaired) electrons. The number of likely N-dealkylation sites (N-methyl/N-ethyl adjacent to an activating group) is 1. The van der Waals surface area contributed by atoms with E-state index in [2.05, 4.69) is 29.1 Å². The van der Waals surface area contributed by atoms with Crippen molar-refractivity contribution >= 4 is 11.6 Å². The Bertz CT molecular complexity index is 454.